The zero-order valence-corrected chi connectivity index (χ0v) is 17.3. The van der Waals surface area contributed by atoms with Gasteiger partial charge in [-0.05, 0) is 18.4 Å². The van der Waals surface area contributed by atoms with Crippen LogP contribution >= 0.6 is 0 Å². The molecule has 1 fully saturated rings. The van der Waals surface area contributed by atoms with Crippen LogP contribution in [0.5, 0.6) is 0 Å². The number of aliphatic hydroxyl groups excluding tert-OH is 1. The highest BCUT2D eigenvalue weighted by Crippen LogP contribution is 2.23. The Hall–Kier alpha value is -1.88. The number of carbonyl (C=O) groups is 2. The van der Waals surface area contributed by atoms with Crippen LogP contribution in [0.4, 0.5) is 4.79 Å². The normalized spacial score (nSPS) is 18.8. The molecule has 1 N–H and O–H groups in total. The van der Waals surface area contributed by atoms with E-state index < -0.39 is 18.1 Å². The highest BCUT2D eigenvalue weighted by molar-refractivity contribution is 5.94. The Morgan fingerprint density at radius 2 is 1.79 bits per heavy atom. The van der Waals surface area contributed by atoms with Gasteiger partial charge >= 0.3 is 6.09 Å². The van der Waals surface area contributed by atoms with E-state index in [0.29, 0.717) is 12.8 Å². The second kappa shape index (κ2) is 11.8. The van der Waals surface area contributed by atoms with Crippen molar-refractivity contribution in [3.63, 3.8) is 0 Å². The number of imide groups is 1. The molecule has 1 heterocycles. The first kappa shape index (κ1) is 22.4. The first-order valence-electron chi connectivity index (χ1n) is 10.8. The van der Waals surface area contributed by atoms with Crippen LogP contribution in [-0.4, -0.2) is 40.8 Å². The number of rotatable bonds is 12. The fourth-order valence-electron chi connectivity index (χ4n) is 3.71. The summed E-state index contributed by atoms with van der Waals surface area (Å²) in [6.07, 6.45) is 8.01. The van der Waals surface area contributed by atoms with Gasteiger partial charge in [0.1, 0.15) is 6.61 Å². The van der Waals surface area contributed by atoms with Crippen LogP contribution in [0.1, 0.15) is 70.8 Å². The predicted octanol–water partition coefficient (Wildman–Crippen LogP) is 4.71. The minimum atomic E-state index is -0.728. The van der Waals surface area contributed by atoms with E-state index in [1.165, 1.54) is 37.0 Å². The molecule has 1 aromatic rings. The fourth-order valence-corrected chi connectivity index (χ4v) is 3.71. The molecule has 0 saturated carbocycles. The van der Waals surface area contributed by atoms with Crippen molar-refractivity contribution in [2.75, 3.05) is 6.61 Å². The number of nitrogens with zero attached hydrogens (tertiary/aromatic N) is 1. The van der Waals surface area contributed by atoms with E-state index in [1.54, 1.807) is 6.92 Å². The summed E-state index contributed by atoms with van der Waals surface area (Å²) in [4.78, 5) is 26.2. The summed E-state index contributed by atoms with van der Waals surface area (Å²) >= 11 is 0. The molecule has 1 aliphatic heterocycles. The largest absolute Gasteiger partial charge is 0.447 e. The van der Waals surface area contributed by atoms with Crippen molar-refractivity contribution < 1.29 is 19.4 Å². The maximum Gasteiger partial charge on any atom is 0.416 e. The summed E-state index contributed by atoms with van der Waals surface area (Å²) in [5.41, 5.74) is 1.06. The third-order valence-corrected chi connectivity index (χ3v) is 5.58. The average molecular weight is 390 g/mol. The first-order valence-corrected chi connectivity index (χ1v) is 10.8. The smallest absolute Gasteiger partial charge is 0.416 e. The van der Waals surface area contributed by atoms with Crippen LogP contribution in [-0.2, 0) is 16.0 Å². The Kier molecular flexibility index (Phi) is 9.48. The number of unbranched alkanes of at least 4 members (excludes halogenated alkanes) is 6. The molecule has 1 aromatic carbocycles. The molecule has 0 aromatic heterocycles. The lowest BCUT2D eigenvalue weighted by atomic mass is 9.96. The van der Waals surface area contributed by atoms with E-state index in [2.05, 4.69) is 6.92 Å². The summed E-state index contributed by atoms with van der Waals surface area (Å²) in [6.45, 7) is 4.12. The van der Waals surface area contributed by atoms with Gasteiger partial charge in [0.2, 0.25) is 5.91 Å². The number of carbonyl (C=O) groups excluding carboxylic acids is 2. The lowest BCUT2D eigenvalue weighted by molar-refractivity contribution is -0.136. The van der Waals surface area contributed by atoms with Crippen LogP contribution in [0.25, 0.3) is 0 Å². The van der Waals surface area contributed by atoms with Crippen molar-refractivity contribution in [1.82, 2.24) is 4.90 Å². The molecule has 5 nitrogen and oxygen atoms in total. The molecule has 0 unspecified atom stereocenters. The predicted molar refractivity (Wildman–Crippen MR) is 110 cm³/mol. The summed E-state index contributed by atoms with van der Waals surface area (Å²) < 4.78 is 5.13. The molecule has 2 rings (SSSR count). The van der Waals surface area contributed by atoms with Gasteiger partial charge in [0.05, 0.1) is 18.1 Å². The summed E-state index contributed by atoms with van der Waals surface area (Å²) in [7, 11) is 0. The SMILES string of the molecule is CCCCCCCCC[C@H](O)[C@@H](C)C(=O)N1C(=O)OC[C@@H]1Cc1ccccc1. The highest BCUT2D eigenvalue weighted by atomic mass is 16.6. The Morgan fingerprint density at radius 3 is 2.46 bits per heavy atom. The van der Waals surface area contributed by atoms with Crippen molar-refractivity contribution in [1.29, 1.82) is 0 Å². The van der Waals surface area contributed by atoms with E-state index in [9.17, 15) is 14.7 Å². The molecule has 0 spiro atoms. The van der Waals surface area contributed by atoms with E-state index in [-0.39, 0.29) is 18.6 Å². The highest BCUT2D eigenvalue weighted by Gasteiger charge is 2.41. The maximum atomic E-state index is 12.9. The van der Waals surface area contributed by atoms with Crippen LogP contribution < -0.4 is 0 Å². The van der Waals surface area contributed by atoms with E-state index >= 15 is 0 Å². The average Bonchev–Trinajstić information content (AvgIpc) is 3.06. The molecule has 2 amide bonds. The van der Waals surface area contributed by atoms with Gasteiger partial charge in [0.25, 0.3) is 0 Å². The van der Waals surface area contributed by atoms with Gasteiger partial charge in [-0.15, -0.1) is 0 Å². The zero-order valence-electron chi connectivity index (χ0n) is 17.3. The van der Waals surface area contributed by atoms with Gasteiger partial charge in [-0.2, -0.15) is 0 Å². The Labute approximate surface area is 169 Å². The van der Waals surface area contributed by atoms with Crippen LogP contribution in [0.3, 0.4) is 0 Å². The van der Waals surface area contributed by atoms with Gasteiger partial charge < -0.3 is 9.84 Å². The van der Waals surface area contributed by atoms with Crippen molar-refractivity contribution in [2.45, 2.75) is 83.8 Å². The van der Waals surface area contributed by atoms with Crippen LogP contribution in [0, 0.1) is 5.92 Å². The monoisotopic (exact) mass is 389 g/mol. The Bertz CT molecular complexity index is 604. The second-order valence-electron chi connectivity index (χ2n) is 7.89. The van der Waals surface area contributed by atoms with Gasteiger partial charge in [-0.1, -0.05) is 89.1 Å². The van der Waals surface area contributed by atoms with Gasteiger partial charge in [0.15, 0.2) is 0 Å². The Balaban J connectivity index is 1.81. The molecule has 0 radical (unpaired) electrons. The summed E-state index contributed by atoms with van der Waals surface area (Å²) in [5.74, 6) is -0.942. The number of cyclic esters (lactones) is 1. The zero-order chi connectivity index (χ0) is 20.4. The molecule has 5 heteroatoms. The minimum Gasteiger partial charge on any atom is -0.447 e. The second-order valence-corrected chi connectivity index (χ2v) is 7.89. The van der Waals surface area contributed by atoms with Crippen LogP contribution in [0.15, 0.2) is 30.3 Å². The van der Waals surface area contributed by atoms with Gasteiger partial charge in [0, 0.05) is 0 Å². The quantitative estimate of drug-likeness (QED) is 0.526. The fraction of sp³-hybridized carbons (Fsp3) is 0.652. The minimum absolute atomic E-state index is 0.208. The summed E-state index contributed by atoms with van der Waals surface area (Å²) in [5, 5.41) is 10.5. The maximum absolute atomic E-state index is 12.9. The molecule has 1 saturated heterocycles. The topological polar surface area (TPSA) is 66.8 Å². The number of aliphatic hydroxyl groups is 1. The van der Waals surface area contributed by atoms with E-state index in [1.807, 2.05) is 30.3 Å². The van der Waals surface area contributed by atoms with Crippen LogP contribution in [0.2, 0.25) is 0 Å². The molecular weight excluding hydrogens is 354 g/mol. The molecule has 156 valence electrons. The lowest BCUT2D eigenvalue weighted by Crippen LogP contribution is -2.45. The summed E-state index contributed by atoms with van der Waals surface area (Å²) in [6, 6.07) is 9.46. The standard InChI is InChI=1S/C23H35NO4/c1-3-4-5-6-7-8-12-15-21(25)18(2)22(26)24-20(17-28-23(24)27)16-19-13-10-9-11-14-19/h9-11,13-14,18,20-21,25H,3-8,12,15-17H2,1-2H3/t18-,20+,21+/m1/s1. The number of hydrogen-bond donors (Lipinski definition) is 1. The molecule has 28 heavy (non-hydrogen) atoms. The lowest BCUT2D eigenvalue weighted by Gasteiger charge is -2.25. The molecule has 3 atom stereocenters. The third kappa shape index (κ3) is 6.62. The van der Waals surface area contributed by atoms with Crippen molar-refractivity contribution in [3.05, 3.63) is 35.9 Å². The van der Waals surface area contributed by atoms with Gasteiger partial charge in [-0.25, -0.2) is 9.69 Å². The van der Waals surface area contributed by atoms with Gasteiger partial charge in [-0.3, -0.25) is 4.79 Å². The number of ether oxygens (including phenoxy) is 1. The third-order valence-electron chi connectivity index (χ3n) is 5.58. The molecular formula is C23H35NO4. The molecule has 0 bridgehead atoms. The van der Waals surface area contributed by atoms with E-state index in [4.69, 9.17) is 4.74 Å². The van der Waals surface area contributed by atoms with Crippen molar-refractivity contribution >= 4 is 12.0 Å². The first-order chi connectivity index (χ1) is 13.5. The molecule has 0 aliphatic carbocycles. The number of hydrogen-bond acceptors (Lipinski definition) is 4. The van der Waals surface area contributed by atoms with Crippen molar-refractivity contribution in [3.8, 4) is 0 Å². The van der Waals surface area contributed by atoms with Crippen molar-refractivity contribution in [2.24, 2.45) is 5.92 Å². The number of amides is 2. The number of benzene rings is 1. The molecule has 1 aliphatic rings. The Morgan fingerprint density at radius 1 is 1.14 bits per heavy atom. The van der Waals surface area contributed by atoms with E-state index in [0.717, 1.165) is 18.4 Å².